The highest BCUT2D eigenvalue weighted by Crippen LogP contribution is 2.53. The van der Waals surface area contributed by atoms with E-state index < -0.39 is 12.2 Å². The van der Waals surface area contributed by atoms with Crippen LogP contribution < -0.4 is 0 Å². The summed E-state index contributed by atoms with van der Waals surface area (Å²) in [5, 5.41) is 13.3. The molecule has 0 N–H and O–H groups in total. The van der Waals surface area contributed by atoms with Gasteiger partial charge in [-0.2, -0.15) is 10.4 Å². The molecule has 30 heavy (non-hydrogen) atoms. The minimum Gasteiger partial charge on any atom is -0.332 e. The summed E-state index contributed by atoms with van der Waals surface area (Å²) in [6.45, 7) is 0.782. The van der Waals surface area contributed by atoms with Crippen LogP contribution in [-0.2, 0) is 11.3 Å². The Morgan fingerprint density at radius 3 is 2.80 bits per heavy atom. The fourth-order valence-electron chi connectivity index (χ4n) is 5.69. The number of rotatable bonds is 4. The number of benzene rings is 1. The highest BCUT2D eigenvalue weighted by molar-refractivity contribution is 5.80. The fourth-order valence-corrected chi connectivity index (χ4v) is 5.69. The van der Waals surface area contributed by atoms with Crippen LogP contribution in [0.15, 0.2) is 36.7 Å². The van der Waals surface area contributed by atoms with Crippen molar-refractivity contribution in [1.82, 2.24) is 14.7 Å². The number of fused-ring (bicyclic) bond motifs is 2. The molecule has 4 fully saturated rings. The van der Waals surface area contributed by atoms with Crippen molar-refractivity contribution in [2.24, 2.45) is 23.7 Å². The standard InChI is InChI=1S/C23H24F2N4O/c24-19-3-1-2-15(6-19)22-8-20(25)13-29(22)23(30)21-7-18(16-4-17(21)5-16)12-28-11-14(9-26)10-27-28/h1-3,6,10-11,16-18,20-22H,4-5,7-8,12-13H2/t16?,17?,18-,20?,21?,22?/m0/s1. The number of aromatic nitrogens is 2. The number of carbonyl (C=O) groups is 1. The van der Waals surface area contributed by atoms with E-state index in [-0.39, 0.29) is 30.6 Å². The Bertz CT molecular complexity index is 993. The van der Waals surface area contributed by atoms with Crippen molar-refractivity contribution in [2.75, 3.05) is 6.54 Å². The van der Waals surface area contributed by atoms with E-state index in [0.717, 1.165) is 19.3 Å². The summed E-state index contributed by atoms with van der Waals surface area (Å²) in [5.74, 6) is 0.797. The molecule has 5 nitrogen and oxygen atoms in total. The molecule has 4 aliphatic rings. The van der Waals surface area contributed by atoms with Gasteiger partial charge in [0.15, 0.2) is 0 Å². The van der Waals surface area contributed by atoms with E-state index in [0.29, 0.717) is 35.4 Å². The quantitative estimate of drug-likeness (QED) is 0.769. The molecule has 2 aromatic rings. The van der Waals surface area contributed by atoms with Gasteiger partial charge in [0.2, 0.25) is 5.91 Å². The number of nitrogens with zero attached hydrogens (tertiary/aromatic N) is 4. The molecule has 4 atom stereocenters. The molecule has 2 heterocycles. The lowest BCUT2D eigenvalue weighted by molar-refractivity contribution is -0.147. The second-order valence-electron chi connectivity index (χ2n) is 9.05. The summed E-state index contributed by atoms with van der Waals surface area (Å²) < 4.78 is 29.8. The molecule has 1 aromatic carbocycles. The maximum absolute atomic E-state index is 14.3. The van der Waals surface area contributed by atoms with E-state index in [1.165, 1.54) is 12.1 Å². The number of nitriles is 1. The molecular weight excluding hydrogens is 386 g/mol. The average Bonchev–Trinajstić information content (AvgIpc) is 3.32. The number of hydrogen-bond donors (Lipinski definition) is 0. The number of alkyl halides is 1. The molecule has 3 saturated carbocycles. The molecule has 1 saturated heterocycles. The van der Waals surface area contributed by atoms with Gasteiger partial charge in [-0.15, -0.1) is 0 Å². The molecule has 3 aliphatic carbocycles. The summed E-state index contributed by atoms with van der Waals surface area (Å²) in [4.78, 5) is 15.2. The van der Waals surface area contributed by atoms with Gasteiger partial charge in [0.1, 0.15) is 18.1 Å². The summed E-state index contributed by atoms with van der Waals surface area (Å²) in [5.41, 5.74) is 1.21. The summed E-state index contributed by atoms with van der Waals surface area (Å²) in [7, 11) is 0. The molecule has 156 valence electrons. The van der Waals surface area contributed by atoms with Crippen molar-refractivity contribution in [3.05, 3.63) is 53.6 Å². The van der Waals surface area contributed by atoms with Crippen molar-refractivity contribution in [3.8, 4) is 6.07 Å². The first-order chi connectivity index (χ1) is 14.5. The third kappa shape index (κ3) is 3.38. The van der Waals surface area contributed by atoms with Crippen LogP contribution in [0, 0.1) is 40.8 Å². The number of carbonyl (C=O) groups excluding carboxylic acids is 1. The van der Waals surface area contributed by atoms with Gasteiger partial charge >= 0.3 is 0 Å². The van der Waals surface area contributed by atoms with Crippen LogP contribution in [0.3, 0.4) is 0 Å². The van der Waals surface area contributed by atoms with E-state index in [1.807, 2.05) is 0 Å². The Hall–Kier alpha value is -2.75. The SMILES string of the molecule is N#Cc1cnn(C[C@@H]2CC(C(=O)N3CC(F)CC3c3cccc(F)c3)C3CC2C3)c1. The lowest BCUT2D eigenvalue weighted by Gasteiger charge is -2.51. The molecule has 1 aromatic heterocycles. The summed E-state index contributed by atoms with van der Waals surface area (Å²) in [6, 6.07) is 7.87. The molecule has 2 bridgehead atoms. The zero-order valence-electron chi connectivity index (χ0n) is 16.6. The third-order valence-electron chi connectivity index (χ3n) is 7.27. The van der Waals surface area contributed by atoms with E-state index in [1.54, 1.807) is 34.1 Å². The monoisotopic (exact) mass is 410 g/mol. The third-order valence-corrected chi connectivity index (χ3v) is 7.27. The second-order valence-corrected chi connectivity index (χ2v) is 9.05. The van der Waals surface area contributed by atoms with Gasteiger partial charge in [-0.3, -0.25) is 9.48 Å². The molecule has 0 spiro atoms. The Morgan fingerprint density at radius 2 is 2.07 bits per heavy atom. The Morgan fingerprint density at radius 1 is 1.23 bits per heavy atom. The normalized spacial score (nSPS) is 32.5. The molecule has 1 aliphatic heterocycles. The van der Waals surface area contributed by atoms with Gasteiger partial charge in [0.05, 0.1) is 24.3 Å². The molecule has 0 radical (unpaired) electrons. The van der Waals surface area contributed by atoms with Crippen molar-refractivity contribution in [1.29, 1.82) is 5.26 Å². The Labute approximate surface area is 174 Å². The van der Waals surface area contributed by atoms with Crippen molar-refractivity contribution in [3.63, 3.8) is 0 Å². The van der Waals surface area contributed by atoms with Crippen LogP contribution >= 0.6 is 0 Å². The Kier molecular flexibility index (Phi) is 4.80. The zero-order valence-corrected chi connectivity index (χ0v) is 16.6. The van der Waals surface area contributed by atoms with Gasteiger partial charge < -0.3 is 4.90 Å². The maximum Gasteiger partial charge on any atom is 0.226 e. The van der Waals surface area contributed by atoms with Gasteiger partial charge in [-0.25, -0.2) is 8.78 Å². The highest BCUT2D eigenvalue weighted by Gasteiger charge is 2.51. The largest absolute Gasteiger partial charge is 0.332 e. The van der Waals surface area contributed by atoms with Gasteiger partial charge in [0, 0.05) is 25.1 Å². The van der Waals surface area contributed by atoms with Crippen molar-refractivity contribution < 1.29 is 13.6 Å². The number of hydrogen-bond acceptors (Lipinski definition) is 3. The molecule has 7 heteroatoms. The maximum atomic E-state index is 14.3. The molecule has 1 amide bonds. The number of amides is 1. The first-order valence-electron chi connectivity index (χ1n) is 10.6. The van der Waals surface area contributed by atoms with Gasteiger partial charge in [0.25, 0.3) is 0 Å². The van der Waals surface area contributed by atoms with Crippen LogP contribution in [0.2, 0.25) is 0 Å². The first kappa shape index (κ1) is 19.2. The highest BCUT2D eigenvalue weighted by atomic mass is 19.1. The lowest BCUT2D eigenvalue weighted by atomic mass is 9.55. The van der Waals surface area contributed by atoms with E-state index in [9.17, 15) is 13.6 Å². The summed E-state index contributed by atoms with van der Waals surface area (Å²) >= 11 is 0. The smallest absolute Gasteiger partial charge is 0.226 e. The van der Waals surface area contributed by atoms with Crippen LogP contribution in [0.1, 0.15) is 42.9 Å². The van der Waals surface area contributed by atoms with Crippen LogP contribution in [0.4, 0.5) is 8.78 Å². The predicted octanol–water partition coefficient (Wildman–Crippen LogP) is 3.87. The number of likely N-dealkylation sites (tertiary alicyclic amines) is 1. The van der Waals surface area contributed by atoms with Crippen molar-refractivity contribution in [2.45, 2.75) is 44.4 Å². The minimum atomic E-state index is -1.08. The average molecular weight is 410 g/mol. The predicted molar refractivity (Wildman–Crippen MR) is 105 cm³/mol. The van der Waals surface area contributed by atoms with Crippen molar-refractivity contribution >= 4 is 5.91 Å². The van der Waals surface area contributed by atoms with Crippen LogP contribution in [0.5, 0.6) is 0 Å². The van der Waals surface area contributed by atoms with Gasteiger partial charge in [-0.1, -0.05) is 12.1 Å². The van der Waals surface area contributed by atoms with Crippen LogP contribution in [0.25, 0.3) is 0 Å². The minimum absolute atomic E-state index is 0.00994. The number of halogens is 2. The fraction of sp³-hybridized carbons (Fsp3) is 0.522. The molecule has 3 unspecified atom stereocenters. The Balaban J connectivity index is 1.33. The van der Waals surface area contributed by atoms with Gasteiger partial charge in [-0.05, 0) is 54.7 Å². The summed E-state index contributed by atoms with van der Waals surface area (Å²) in [6.07, 6.45) is 5.25. The first-order valence-corrected chi connectivity index (χ1v) is 10.6. The van der Waals surface area contributed by atoms with E-state index >= 15 is 0 Å². The second kappa shape index (κ2) is 7.50. The topological polar surface area (TPSA) is 61.9 Å². The lowest BCUT2D eigenvalue weighted by Crippen LogP contribution is -2.50. The molecular formula is C23H24F2N4O. The molecule has 6 rings (SSSR count). The van der Waals surface area contributed by atoms with E-state index in [4.69, 9.17) is 5.26 Å². The zero-order chi connectivity index (χ0) is 20.8. The van der Waals surface area contributed by atoms with Crippen LogP contribution in [-0.4, -0.2) is 33.3 Å². The van der Waals surface area contributed by atoms with E-state index in [2.05, 4.69) is 11.2 Å².